The number of aliphatic hydroxyl groups is 1. The van der Waals surface area contributed by atoms with Gasteiger partial charge in [0.25, 0.3) is 0 Å². The highest BCUT2D eigenvalue weighted by Crippen LogP contribution is 2.44. The molecule has 1 aliphatic rings. The molecule has 0 amide bonds. The van der Waals surface area contributed by atoms with Crippen LogP contribution in [-0.2, 0) is 21.7 Å². The van der Waals surface area contributed by atoms with E-state index >= 15 is 0 Å². The van der Waals surface area contributed by atoms with Crippen LogP contribution in [0.1, 0.15) is 31.9 Å². The van der Waals surface area contributed by atoms with Crippen LogP contribution in [-0.4, -0.2) is 37.0 Å². The van der Waals surface area contributed by atoms with E-state index in [-0.39, 0.29) is 18.6 Å². The summed E-state index contributed by atoms with van der Waals surface area (Å²) in [4.78, 5) is 21.5. The lowest BCUT2D eigenvalue weighted by Gasteiger charge is -2.39. The smallest absolute Gasteiger partial charge is 0.306 e. The van der Waals surface area contributed by atoms with Crippen LogP contribution in [0, 0.1) is 5.92 Å². The average molecular weight is 253 g/mol. The number of hydrogen-bond acceptors (Lipinski definition) is 5. The van der Waals surface area contributed by atoms with Gasteiger partial charge in [-0.1, -0.05) is 5.21 Å². The molecule has 0 saturated heterocycles. The Morgan fingerprint density at radius 3 is 2.78 bits per heavy atom. The maximum atomic E-state index is 10.8. The first kappa shape index (κ1) is 12.7. The molecule has 0 aromatic carbocycles. The predicted molar refractivity (Wildman–Crippen MR) is 59.6 cm³/mol. The predicted octanol–water partition coefficient (Wildman–Crippen LogP) is -0.0606. The zero-order valence-corrected chi connectivity index (χ0v) is 10.0. The van der Waals surface area contributed by atoms with Gasteiger partial charge in [-0.3, -0.25) is 14.3 Å². The summed E-state index contributed by atoms with van der Waals surface area (Å²) in [6.45, 7) is 1.91. The number of Topliss-reactive ketones (excluding diaryl/α,β-unsaturated/α-hetero) is 1. The van der Waals surface area contributed by atoms with Crippen molar-refractivity contribution in [3.8, 4) is 0 Å². The summed E-state index contributed by atoms with van der Waals surface area (Å²) >= 11 is 0. The quantitative estimate of drug-likeness (QED) is 0.761. The Morgan fingerprint density at radius 2 is 2.22 bits per heavy atom. The van der Waals surface area contributed by atoms with E-state index in [0.29, 0.717) is 18.7 Å². The van der Waals surface area contributed by atoms with Gasteiger partial charge in [0.1, 0.15) is 17.1 Å². The van der Waals surface area contributed by atoms with Gasteiger partial charge in [-0.05, 0) is 19.8 Å². The van der Waals surface area contributed by atoms with Gasteiger partial charge < -0.3 is 10.2 Å². The van der Waals surface area contributed by atoms with Crippen molar-refractivity contribution in [2.45, 2.75) is 38.3 Å². The zero-order chi connectivity index (χ0) is 13.3. The van der Waals surface area contributed by atoms with Gasteiger partial charge >= 0.3 is 5.97 Å². The molecule has 0 bridgehead atoms. The number of aryl methyl sites for hydroxylation is 1. The monoisotopic (exact) mass is 253 g/mol. The first-order chi connectivity index (χ1) is 8.40. The van der Waals surface area contributed by atoms with E-state index in [9.17, 15) is 14.7 Å². The molecule has 2 N–H and O–H groups in total. The van der Waals surface area contributed by atoms with Crippen molar-refractivity contribution in [3.05, 3.63) is 11.9 Å². The standard InChI is InChI=1S/C11H15N3O4/c1-7(15)2-3-14-6-9(12-13-14)11(18)4-8(5-11)10(16)17/h6,8,18H,2-5H2,1H3,(H,16,17). The molecule has 7 nitrogen and oxygen atoms in total. The van der Waals surface area contributed by atoms with Crippen LogP contribution in [0.25, 0.3) is 0 Å². The summed E-state index contributed by atoms with van der Waals surface area (Å²) in [5.41, 5.74) is -0.805. The van der Waals surface area contributed by atoms with Crippen molar-refractivity contribution >= 4 is 11.8 Å². The van der Waals surface area contributed by atoms with Crippen LogP contribution in [0.5, 0.6) is 0 Å². The lowest BCUT2D eigenvalue weighted by molar-refractivity contribution is -0.160. The molecule has 0 unspecified atom stereocenters. The fourth-order valence-electron chi connectivity index (χ4n) is 2.03. The summed E-state index contributed by atoms with van der Waals surface area (Å²) in [5.74, 6) is -1.36. The summed E-state index contributed by atoms with van der Waals surface area (Å²) < 4.78 is 1.49. The van der Waals surface area contributed by atoms with E-state index in [1.807, 2.05) is 0 Å². The van der Waals surface area contributed by atoms with Crippen molar-refractivity contribution in [2.75, 3.05) is 0 Å². The topological polar surface area (TPSA) is 105 Å². The van der Waals surface area contributed by atoms with Crippen molar-refractivity contribution < 1.29 is 19.8 Å². The summed E-state index contributed by atoms with van der Waals surface area (Å²) in [6, 6.07) is 0. The highest BCUT2D eigenvalue weighted by Gasteiger charge is 2.49. The van der Waals surface area contributed by atoms with Gasteiger partial charge in [-0.15, -0.1) is 5.10 Å². The van der Waals surface area contributed by atoms with Crippen molar-refractivity contribution in [1.29, 1.82) is 0 Å². The Bertz CT molecular complexity index is 476. The molecule has 1 heterocycles. The van der Waals surface area contributed by atoms with Crippen molar-refractivity contribution in [3.63, 3.8) is 0 Å². The van der Waals surface area contributed by atoms with E-state index in [2.05, 4.69) is 10.3 Å². The minimum atomic E-state index is -1.18. The lowest BCUT2D eigenvalue weighted by Crippen LogP contribution is -2.44. The molecule has 0 atom stereocenters. The number of carbonyl (C=O) groups is 2. The number of rotatable bonds is 5. The van der Waals surface area contributed by atoms with Crippen LogP contribution in [0.4, 0.5) is 0 Å². The average Bonchev–Trinajstić information content (AvgIpc) is 2.70. The fourth-order valence-corrected chi connectivity index (χ4v) is 2.03. The summed E-state index contributed by atoms with van der Waals surface area (Å²) in [6.07, 6.45) is 2.25. The Balaban J connectivity index is 1.98. The van der Waals surface area contributed by atoms with Crippen molar-refractivity contribution in [1.82, 2.24) is 15.0 Å². The van der Waals surface area contributed by atoms with Crippen LogP contribution in [0.2, 0.25) is 0 Å². The molecule has 98 valence electrons. The van der Waals surface area contributed by atoms with Crippen LogP contribution >= 0.6 is 0 Å². The van der Waals surface area contributed by atoms with E-state index in [1.165, 1.54) is 11.6 Å². The third-order valence-corrected chi connectivity index (χ3v) is 3.23. The van der Waals surface area contributed by atoms with E-state index < -0.39 is 17.5 Å². The van der Waals surface area contributed by atoms with Gasteiger partial charge in [-0.2, -0.15) is 0 Å². The minimum Gasteiger partial charge on any atom is -0.481 e. The number of ketones is 1. The SMILES string of the molecule is CC(=O)CCn1cc(C2(O)CC(C(=O)O)C2)nn1. The number of carboxylic acid groups (broad SMARTS) is 1. The van der Waals surface area contributed by atoms with E-state index in [4.69, 9.17) is 5.11 Å². The fraction of sp³-hybridized carbons (Fsp3) is 0.636. The van der Waals surface area contributed by atoms with Gasteiger partial charge in [0.2, 0.25) is 0 Å². The van der Waals surface area contributed by atoms with E-state index in [0.717, 1.165) is 0 Å². The minimum absolute atomic E-state index is 0.0559. The van der Waals surface area contributed by atoms with Crippen LogP contribution in [0.15, 0.2) is 6.20 Å². The third kappa shape index (κ3) is 2.40. The number of carboxylic acids is 1. The molecule has 0 aliphatic heterocycles. The Hall–Kier alpha value is -1.76. The van der Waals surface area contributed by atoms with E-state index in [1.54, 1.807) is 6.20 Å². The van der Waals surface area contributed by atoms with Gasteiger partial charge in [0.15, 0.2) is 0 Å². The molecule has 0 spiro atoms. The molecule has 18 heavy (non-hydrogen) atoms. The van der Waals surface area contributed by atoms with Gasteiger partial charge in [-0.25, -0.2) is 0 Å². The van der Waals surface area contributed by atoms with Gasteiger partial charge in [0.05, 0.1) is 12.1 Å². The van der Waals surface area contributed by atoms with Gasteiger partial charge in [0, 0.05) is 13.0 Å². The molecule has 0 radical (unpaired) electrons. The largest absolute Gasteiger partial charge is 0.481 e. The number of carbonyl (C=O) groups excluding carboxylic acids is 1. The summed E-state index contributed by atoms with van der Waals surface area (Å²) in [5, 5.41) is 26.6. The van der Waals surface area contributed by atoms with Crippen LogP contribution < -0.4 is 0 Å². The Kier molecular flexibility index (Phi) is 3.16. The first-order valence-corrected chi connectivity index (χ1v) is 5.76. The Labute approximate surface area is 103 Å². The normalized spacial score (nSPS) is 26.7. The van der Waals surface area contributed by atoms with Crippen LogP contribution in [0.3, 0.4) is 0 Å². The zero-order valence-electron chi connectivity index (χ0n) is 10.0. The molecular weight excluding hydrogens is 238 g/mol. The molecular formula is C11H15N3O4. The molecule has 7 heteroatoms. The molecule has 1 aromatic heterocycles. The molecule has 2 rings (SSSR count). The second-order valence-corrected chi connectivity index (χ2v) is 4.79. The maximum Gasteiger partial charge on any atom is 0.306 e. The number of hydrogen-bond donors (Lipinski definition) is 2. The number of aliphatic carboxylic acids is 1. The third-order valence-electron chi connectivity index (χ3n) is 3.23. The second kappa shape index (κ2) is 4.49. The summed E-state index contributed by atoms with van der Waals surface area (Å²) in [7, 11) is 0. The molecule has 1 fully saturated rings. The highest BCUT2D eigenvalue weighted by atomic mass is 16.4. The number of nitrogens with zero attached hydrogens (tertiary/aromatic N) is 3. The molecule has 1 aliphatic carbocycles. The maximum absolute atomic E-state index is 10.8. The van der Waals surface area contributed by atoms with Crippen molar-refractivity contribution in [2.24, 2.45) is 5.92 Å². The number of aromatic nitrogens is 3. The lowest BCUT2D eigenvalue weighted by atomic mass is 9.69. The Morgan fingerprint density at radius 1 is 1.56 bits per heavy atom. The highest BCUT2D eigenvalue weighted by molar-refractivity contribution is 5.75. The first-order valence-electron chi connectivity index (χ1n) is 5.76. The second-order valence-electron chi connectivity index (χ2n) is 4.79. The molecule has 1 saturated carbocycles. The molecule has 1 aromatic rings.